The molecule has 8 heteroatoms. The van der Waals surface area contributed by atoms with Gasteiger partial charge in [0.15, 0.2) is 11.3 Å². The quantitative estimate of drug-likeness (QED) is 0.667. The fraction of sp³-hybridized carbons (Fsp3) is 0.0588. The van der Waals surface area contributed by atoms with Crippen LogP contribution in [0, 0.1) is 0 Å². The molecule has 0 aliphatic carbocycles. The molecule has 0 aliphatic heterocycles. The van der Waals surface area contributed by atoms with E-state index in [1.807, 2.05) is 24.5 Å². The van der Waals surface area contributed by atoms with Gasteiger partial charge in [0.25, 0.3) is 0 Å². The van der Waals surface area contributed by atoms with Gasteiger partial charge in [-0.3, -0.25) is 0 Å². The molecule has 2 aromatic heterocycles. The van der Waals surface area contributed by atoms with Gasteiger partial charge in [-0.15, -0.1) is 11.8 Å². The minimum absolute atomic E-state index is 0.494. The Morgan fingerprint density at radius 2 is 2.24 bits per heavy atom. The number of fused-ring (bicyclic) bond motifs is 1. The molecule has 2 heterocycles. The van der Waals surface area contributed by atoms with Crippen molar-refractivity contribution in [3.63, 3.8) is 0 Å². The van der Waals surface area contributed by atoms with Crippen molar-refractivity contribution in [2.75, 3.05) is 6.26 Å². The van der Waals surface area contributed by atoms with Crippen molar-refractivity contribution in [1.29, 1.82) is 0 Å². The first-order valence-corrected chi connectivity index (χ1v) is 8.90. The molecular weight excluding hydrogens is 356 g/mol. The molecular formula is C17H15ClN6S. The van der Waals surface area contributed by atoms with Crippen LogP contribution in [0.15, 0.2) is 59.5 Å². The lowest BCUT2D eigenvalue weighted by molar-refractivity contribution is 1.23. The highest BCUT2D eigenvalue weighted by Crippen LogP contribution is 2.26. The first-order valence-electron chi connectivity index (χ1n) is 7.29. The van der Waals surface area contributed by atoms with Crippen molar-refractivity contribution in [1.82, 2.24) is 19.9 Å². The first kappa shape index (κ1) is 17.2. The summed E-state index contributed by atoms with van der Waals surface area (Å²) in [4.78, 5) is 20.9. The van der Waals surface area contributed by atoms with Crippen molar-refractivity contribution in [2.24, 2.45) is 10.7 Å². The van der Waals surface area contributed by atoms with Crippen LogP contribution in [0.4, 0.5) is 0 Å². The van der Waals surface area contributed by atoms with E-state index in [1.54, 1.807) is 18.5 Å². The average Bonchev–Trinajstić information content (AvgIpc) is 3.07. The van der Waals surface area contributed by atoms with Crippen LogP contribution in [0.3, 0.4) is 0 Å². The normalized spacial score (nSPS) is 12.2. The number of H-pyrrole nitrogens is 1. The number of nitrogens with two attached hydrogens (primary N) is 1. The van der Waals surface area contributed by atoms with Crippen LogP contribution in [0.5, 0.6) is 0 Å². The Bertz CT molecular complexity index is 992. The standard InChI is InChI=1S/C17H15ClN6S/c1-10(25-2)22-13(6-7-19)15-14(11-4-3-5-12(18)8-11)23-16-17(24-15)21-9-20-16/h3-9H,1,19H2,2H3,(H,20,21,23,24)/b7-6-,22-13+. The van der Waals surface area contributed by atoms with E-state index in [0.29, 0.717) is 38.4 Å². The van der Waals surface area contributed by atoms with Crippen LogP contribution >= 0.6 is 23.4 Å². The topological polar surface area (TPSA) is 92.8 Å². The van der Waals surface area contributed by atoms with Gasteiger partial charge in [-0.1, -0.05) is 30.3 Å². The number of nitrogens with one attached hydrogen (secondary N) is 1. The number of nitrogens with zero attached hydrogens (tertiary/aromatic N) is 4. The maximum Gasteiger partial charge on any atom is 0.197 e. The van der Waals surface area contributed by atoms with Crippen molar-refractivity contribution < 1.29 is 0 Å². The summed E-state index contributed by atoms with van der Waals surface area (Å²) in [5.41, 5.74) is 9.23. The van der Waals surface area contributed by atoms with Crippen LogP contribution in [-0.2, 0) is 0 Å². The van der Waals surface area contributed by atoms with Gasteiger partial charge in [0.2, 0.25) is 0 Å². The number of aromatic nitrogens is 4. The Morgan fingerprint density at radius 3 is 2.96 bits per heavy atom. The lowest BCUT2D eigenvalue weighted by Gasteiger charge is -2.09. The molecule has 3 rings (SSSR count). The third kappa shape index (κ3) is 3.72. The predicted molar refractivity (Wildman–Crippen MR) is 105 cm³/mol. The predicted octanol–water partition coefficient (Wildman–Crippen LogP) is 3.77. The van der Waals surface area contributed by atoms with Gasteiger partial charge in [-0.25, -0.2) is 19.9 Å². The SMILES string of the molecule is C=C(/N=C(\C=C/N)c1nc2nc[nH]c2nc1-c1cccc(Cl)c1)SC. The molecule has 0 saturated heterocycles. The number of thioether (sulfide) groups is 1. The van der Waals surface area contributed by atoms with Gasteiger partial charge < -0.3 is 10.7 Å². The Balaban J connectivity index is 2.29. The van der Waals surface area contributed by atoms with E-state index in [1.165, 1.54) is 18.0 Å². The molecule has 0 atom stereocenters. The second-order valence-corrected chi connectivity index (χ2v) is 6.28. The van der Waals surface area contributed by atoms with Gasteiger partial charge in [-0.05, 0) is 30.7 Å². The van der Waals surface area contributed by atoms with Crippen LogP contribution in [0.25, 0.3) is 22.6 Å². The van der Waals surface area contributed by atoms with E-state index >= 15 is 0 Å². The third-order valence-electron chi connectivity index (χ3n) is 3.34. The highest BCUT2D eigenvalue weighted by Gasteiger charge is 2.16. The molecule has 3 N–H and O–H groups in total. The van der Waals surface area contributed by atoms with Crippen LogP contribution < -0.4 is 5.73 Å². The fourth-order valence-corrected chi connectivity index (χ4v) is 2.60. The summed E-state index contributed by atoms with van der Waals surface area (Å²) in [6.45, 7) is 3.90. The smallest absolute Gasteiger partial charge is 0.197 e. The largest absolute Gasteiger partial charge is 0.405 e. The molecule has 0 aliphatic rings. The Kier molecular flexibility index (Phi) is 5.16. The molecule has 25 heavy (non-hydrogen) atoms. The molecule has 0 fully saturated rings. The molecule has 0 bridgehead atoms. The number of benzene rings is 1. The first-order chi connectivity index (χ1) is 12.1. The minimum Gasteiger partial charge on any atom is -0.405 e. The number of hydrogen-bond acceptors (Lipinski definition) is 6. The van der Waals surface area contributed by atoms with Gasteiger partial charge in [0.1, 0.15) is 11.4 Å². The van der Waals surface area contributed by atoms with Crippen molar-refractivity contribution >= 4 is 40.4 Å². The van der Waals surface area contributed by atoms with Crippen molar-refractivity contribution in [3.05, 3.63) is 65.2 Å². The zero-order valence-corrected chi connectivity index (χ0v) is 15.0. The van der Waals surface area contributed by atoms with E-state index in [-0.39, 0.29) is 0 Å². The number of rotatable bonds is 5. The second kappa shape index (κ2) is 7.50. The van der Waals surface area contributed by atoms with E-state index in [4.69, 9.17) is 17.3 Å². The van der Waals surface area contributed by atoms with Gasteiger partial charge in [-0.2, -0.15) is 0 Å². The summed E-state index contributed by atoms with van der Waals surface area (Å²) >= 11 is 7.58. The lowest BCUT2D eigenvalue weighted by Crippen LogP contribution is -2.07. The monoisotopic (exact) mass is 370 g/mol. The van der Waals surface area contributed by atoms with E-state index < -0.39 is 0 Å². The number of aliphatic imine (C=N–C) groups is 1. The summed E-state index contributed by atoms with van der Waals surface area (Å²) in [6.07, 6.45) is 6.52. The van der Waals surface area contributed by atoms with Crippen molar-refractivity contribution in [3.8, 4) is 11.3 Å². The minimum atomic E-state index is 0.494. The van der Waals surface area contributed by atoms with Gasteiger partial charge in [0.05, 0.1) is 17.1 Å². The maximum absolute atomic E-state index is 6.14. The Labute approximate surface area is 154 Å². The van der Waals surface area contributed by atoms with Crippen LogP contribution in [0.2, 0.25) is 5.02 Å². The summed E-state index contributed by atoms with van der Waals surface area (Å²) in [5, 5.41) is 1.24. The van der Waals surface area contributed by atoms with Crippen LogP contribution in [-0.4, -0.2) is 31.9 Å². The fourth-order valence-electron chi connectivity index (χ4n) is 2.22. The number of imidazole rings is 1. The van der Waals surface area contributed by atoms with Crippen molar-refractivity contribution in [2.45, 2.75) is 0 Å². The summed E-state index contributed by atoms with van der Waals surface area (Å²) < 4.78 is 0. The maximum atomic E-state index is 6.14. The Morgan fingerprint density at radius 1 is 1.40 bits per heavy atom. The molecule has 1 aromatic carbocycles. The number of allylic oxidation sites excluding steroid dienone is 1. The zero-order chi connectivity index (χ0) is 17.8. The van der Waals surface area contributed by atoms with E-state index in [0.717, 1.165) is 5.56 Å². The third-order valence-corrected chi connectivity index (χ3v) is 4.14. The molecule has 0 amide bonds. The molecule has 0 saturated carbocycles. The summed E-state index contributed by atoms with van der Waals surface area (Å²) in [5.74, 6) is 0. The summed E-state index contributed by atoms with van der Waals surface area (Å²) in [6, 6.07) is 7.40. The second-order valence-electron chi connectivity index (χ2n) is 4.96. The highest BCUT2D eigenvalue weighted by molar-refractivity contribution is 8.02. The summed E-state index contributed by atoms with van der Waals surface area (Å²) in [7, 11) is 0. The molecule has 0 radical (unpaired) electrons. The van der Waals surface area contributed by atoms with Gasteiger partial charge in [0, 0.05) is 10.6 Å². The highest BCUT2D eigenvalue weighted by atomic mass is 35.5. The molecule has 0 spiro atoms. The number of hydrogen-bond donors (Lipinski definition) is 2. The Hall–Kier alpha value is -2.64. The van der Waals surface area contributed by atoms with E-state index in [9.17, 15) is 0 Å². The van der Waals surface area contributed by atoms with E-state index in [2.05, 4.69) is 31.5 Å². The van der Waals surface area contributed by atoms with Gasteiger partial charge >= 0.3 is 0 Å². The zero-order valence-electron chi connectivity index (χ0n) is 13.4. The molecule has 6 nitrogen and oxygen atoms in total. The number of halogens is 1. The molecule has 3 aromatic rings. The molecule has 126 valence electrons. The average molecular weight is 371 g/mol. The van der Waals surface area contributed by atoms with Crippen LogP contribution in [0.1, 0.15) is 5.69 Å². The molecule has 0 unspecified atom stereocenters. The lowest BCUT2D eigenvalue weighted by atomic mass is 10.1. The number of aromatic amines is 1.